The highest BCUT2D eigenvalue weighted by Crippen LogP contribution is 2.34. The van der Waals surface area contributed by atoms with Crippen LogP contribution in [0, 0.1) is 0 Å². The van der Waals surface area contributed by atoms with Crippen molar-refractivity contribution < 1.29 is 14.3 Å². The lowest BCUT2D eigenvalue weighted by molar-refractivity contribution is -0.121. The lowest BCUT2D eigenvalue weighted by atomic mass is 10.2. The molecular weight excluding hydrogens is 286 g/mol. The molecule has 0 bridgehead atoms. The number of fused-ring (bicyclic) bond motifs is 1. The Balaban J connectivity index is 2.18. The summed E-state index contributed by atoms with van der Waals surface area (Å²) in [5.41, 5.74) is 0.834. The minimum absolute atomic E-state index is 0.00377. The third-order valence-corrected chi connectivity index (χ3v) is 3.09. The van der Waals surface area contributed by atoms with E-state index in [0.717, 1.165) is 22.3 Å². The smallest absolute Gasteiger partial charge is 0.265 e. The number of anilines is 1. The van der Waals surface area contributed by atoms with E-state index >= 15 is 0 Å². The van der Waals surface area contributed by atoms with Gasteiger partial charge in [-0.2, -0.15) is 0 Å². The van der Waals surface area contributed by atoms with E-state index in [1.165, 1.54) is 0 Å². The normalized spacial score (nSPS) is 14.5. The van der Waals surface area contributed by atoms with Gasteiger partial charge < -0.3 is 14.4 Å². The Kier molecular flexibility index (Phi) is 4.02. The van der Waals surface area contributed by atoms with Crippen LogP contribution in [-0.2, 0) is 9.53 Å². The summed E-state index contributed by atoms with van der Waals surface area (Å²) in [5.74, 6) is 0.743. The molecule has 0 aliphatic carbocycles. The number of hydrogen-bond donors (Lipinski definition) is 0. The van der Waals surface area contributed by atoms with E-state index in [2.05, 4.69) is 15.9 Å². The van der Waals surface area contributed by atoms with Crippen LogP contribution in [0.1, 0.15) is 6.42 Å². The monoisotopic (exact) mass is 299 g/mol. The number of benzene rings is 1. The molecule has 17 heavy (non-hydrogen) atoms. The molecule has 92 valence electrons. The van der Waals surface area contributed by atoms with Crippen molar-refractivity contribution >= 4 is 27.5 Å². The molecule has 0 saturated carbocycles. The Morgan fingerprint density at radius 3 is 3.12 bits per heavy atom. The molecule has 0 spiro atoms. The number of nitrogens with zero attached hydrogens (tertiary/aromatic N) is 1. The number of amides is 1. The average molecular weight is 300 g/mol. The standard InChI is InChI=1S/C12H14BrNO3/c1-16-6-2-5-14-10-4-3-9(13)7-11(10)17-8-12(14)15/h3-4,7H,2,5-6,8H2,1H3. The molecule has 4 nitrogen and oxygen atoms in total. The molecule has 0 unspecified atom stereocenters. The van der Waals surface area contributed by atoms with Crippen LogP contribution >= 0.6 is 15.9 Å². The lowest BCUT2D eigenvalue weighted by Gasteiger charge is -2.29. The van der Waals surface area contributed by atoms with Crippen LogP contribution in [-0.4, -0.2) is 32.8 Å². The van der Waals surface area contributed by atoms with Gasteiger partial charge >= 0.3 is 0 Å². The largest absolute Gasteiger partial charge is 0.482 e. The topological polar surface area (TPSA) is 38.8 Å². The summed E-state index contributed by atoms with van der Waals surface area (Å²) in [4.78, 5) is 13.5. The molecule has 0 radical (unpaired) electrons. The van der Waals surface area contributed by atoms with E-state index in [0.29, 0.717) is 13.2 Å². The van der Waals surface area contributed by atoms with E-state index in [-0.39, 0.29) is 12.5 Å². The number of methoxy groups -OCH3 is 1. The second-order valence-corrected chi connectivity index (χ2v) is 4.71. The molecule has 0 aromatic heterocycles. The lowest BCUT2D eigenvalue weighted by Crippen LogP contribution is -2.39. The maximum Gasteiger partial charge on any atom is 0.265 e. The molecule has 1 amide bonds. The van der Waals surface area contributed by atoms with Crippen LogP contribution in [0.4, 0.5) is 5.69 Å². The summed E-state index contributed by atoms with van der Waals surface area (Å²) in [6, 6.07) is 5.68. The quantitative estimate of drug-likeness (QED) is 0.800. The highest BCUT2D eigenvalue weighted by atomic mass is 79.9. The molecule has 1 aromatic rings. The van der Waals surface area contributed by atoms with Gasteiger partial charge in [0.2, 0.25) is 0 Å². The Morgan fingerprint density at radius 2 is 2.35 bits per heavy atom. The van der Waals surface area contributed by atoms with E-state index in [9.17, 15) is 4.79 Å². The molecule has 1 aromatic carbocycles. The second kappa shape index (κ2) is 5.51. The second-order valence-electron chi connectivity index (χ2n) is 3.79. The van der Waals surface area contributed by atoms with Crippen LogP contribution in [0.5, 0.6) is 5.75 Å². The summed E-state index contributed by atoms with van der Waals surface area (Å²) in [6.45, 7) is 1.41. The Hall–Kier alpha value is -1.07. The number of ether oxygens (including phenoxy) is 2. The molecule has 1 aliphatic heterocycles. The van der Waals surface area contributed by atoms with Crippen LogP contribution in [0.3, 0.4) is 0 Å². The predicted molar refractivity (Wildman–Crippen MR) is 68.5 cm³/mol. The molecular formula is C12H14BrNO3. The highest BCUT2D eigenvalue weighted by Gasteiger charge is 2.24. The summed E-state index contributed by atoms with van der Waals surface area (Å²) in [6.07, 6.45) is 0.817. The van der Waals surface area contributed by atoms with Gasteiger partial charge in [0.15, 0.2) is 6.61 Å². The van der Waals surface area contributed by atoms with Crippen molar-refractivity contribution in [2.24, 2.45) is 0 Å². The summed E-state index contributed by atoms with van der Waals surface area (Å²) >= 11 is 3.39. The van der Waals surface area contributed by atoms with Gasteiger partial charge in [-0.05, 0) is 24.6 Å². The van der Waals surface area contributed by atoms with Gasteiger partial charge in [0.1, 0.15) is 5.75 Å². The van der Waals surface area contributed by atoms with Crippen LogP contribution in [0.2, 0.25) is 0 Å². The van der Waals surface area contributed by atoms with Crippen molar-refractivity contribution in [3.05, 3.63) is 22.7 Å². The van der Waals surface area contributed by atoms with Crippen molar-refractivity contribution in [3.8, 4) is 5.75 Å². The van der Waals surface area contributed by atoms with E-state index in [4.69, 9.17) is 9.47 Å². The molecule has 5 heteroatoms. The first-order valence-electron chi connectivity index (χ1n) is 5.44. The van der Waals surface area contributed by atoms with Crippen molar-refractivity contribution in [1.29, 1.82) is 0 Å². The Labute approximate surface area is 109 Å². The summed E-state index contributed by atoms with van der Waals surface area (Å²) in [5, 5.41) is 0. The van der Waals surface area contributed by atoms with Crippen molar-refractivity contribution in [2.45, 2.75) is 6.42 Å². The molecule has 1 aliphatic rings. The van der Waals surface area contributed by atoms with E-state index in [1.807, 2.05) is 18.2 Å². The molecule has 2 rings (SSSR count). The SMILES string of the molecule is COCCCN1C(=O)COc2cc(Br)ccc21. The average Bonchev–Trinajstić information content (AvgIpc) is 2.32. The van der Waals surface area contributed by atoms with Gasteiger partial charge in [-0.3, -0.25) is 4.79 Å². The first-order chi connectivity index (χ1) is 8.22. The van der Waals surface area contributed by atoms with Crippen molar-refractivity contribution in [2.75, 3.05) is 31.8 Å². The van der Waals surface area contributed by atoms with Crippen molar-refractivity contribution in [3.63, 3.8) is 0 Å². The van der Waals surface area contributed by atoms with Gasteiger partial charge in [0, 0.05) is 24.7 Å². The van der Waals surface area contributed by atoms with Gasteiger partial charge in [-0.25, -0.2) is 0 Å². The maximum absolute atomic E-state index is 11.8. The zero-order valence-electron chi connectivity index (χ0n) is 9.61. The third kappa shape index (κ3) is 2.79. The highest BCUT2D eigenvalue weighted by molar-refractivity contribution is 9.10. The van der Waals surface area contributed by atoms with Crippen molar-refractivity contribution in [1.82, 2.24) is 0 Å². The molecule has 1 heterocycles. The van der Waals surface area contributed by atoms with Crippen LogP contribution in [0.25, 0.3) is 0 Å². The zero-order chi connectivity index (χ0) is 12.3. The molecule has 0 N–H and O–H groups in total. The minimum atomic E-state index is -0.00377. The number of carbonyl (C=O) groups is 1. The van der Waals surface area contributed by atoms with E-state index < -0.39 is 0 Å². The van der Waals surface area contributed by atoms with Gasteiger partial charge in [0.25, 0.3) is 5.91 Å². The molecule has 0 atom stereocenters. The Bertz CT molecular complexity index is 422. The minimum Gasteiger partial charge on any atom is -0.482 e. The fraction of sp³-hybridized carbons (Fsp3) is 0.417. The van der Waals surface area contributed by atoms with Crippen LogP contribution < -0.4 is 9.64 Å². The molecule has 0 fully saturated rings. The molecule has 0 saturated heterocycles. The third-order valence-electron chi connectivity index (χ3n) is 2.60. The number of hydrogen-bond acceptors (Lipinski definition) is 3. The van der Waals surface area contributed by atoms with Gasteiger partial charge in [0.05, 0.1) is 5.69 Å². The number of halogens is 1. The predicted octanol–water partition coefficient (Wildman–Crippen LogP) is 2.21. The van der Waals surface area contributed by atoms with Gasteiger partial charge in [-0.1, -0.05) is 15.9 Å². The maximum atomic E-state index is 11.8. The number of carbonyl (C=O) groups excluding carboxylic acids is 1. The number of rotatable bonds is 4. The van der Waals surface area contributed by atoms with Gasteiger partial charge in [-0.15, -0.1) is 0 Å². The first kappa shape index (κ1) is 12.4. The van der Waals surface area contributed by atoms with E-state index in [1.54, 1.807) is 12.0 Å². The summed E-state index contributed by atoms with van der Waals surface area (Å²) < 4.78 is 11.3. The Morgan fingerprint density at radius 1 is 1.53 bits per heavy atom. The zero-order valence-corrected chi connectivity index (χ0v) is 11.2. The first-order valence-corrected chi connectivity index (χ1v) is 6.23. The fourth-order valence-corrected chi connectivity index (χ4v) is 2.13. The van der Waals surface area contributed by atoms with Crippen LogP contribution in [0.15, 0.2) is 22.7 Å². The summed E-state index contributed by atoms with van der Waals surface area (Å²) in [7, 11) is 1.66. The fourth-order valence-electron chi connectivity index (χ4n) is 1.79.